The molecule has 0 saturated carbocycles. The highest BCUT2D eigenvalue weighted by molar-refractivity contribution is 5.88. The number of rotatable bonds is 8. The number of fused-ring (bicyclic) bond motifs is 1. The van der Waals surface area contributed by atoms with Crippen molar-refractivity contribution in [1.29, 1.82) is 0 Å². The van der Waals surface area contributed by atoms with E-state index in [0.717, 1.165) is 16.3 Å². The molecule has 9 aromatic carbocycles. The first kappa shape index (κ1) is 14.6. The monoisotopic (exact) mass is 701 g/mol. The third kappa shape index (κ3) is 6.77. The third-order valence-electron chi connectivity index (χ3n) is 8.12. The highest BCUT2D eigenvalue weighted by atomic mass is 15.1. The molecular formula is C52H37N. The molecule has 0 amide bonds. The lowest BCUT2D eigenvalue weighted by Gasteiger charge is -2.26. The van der Waals surface area contributed by atoms with Crippen molar-refractivity contribution in [2.75, 3.05) is 4.90 Å². The van der Waals surface area contributed by atoms with E-state index in [0.29, 0.717) is 10.5 Å². The average Bonchev–Trinajstić information content (AvgIpc) is 3.48. The van der Waals surface area contributed by atoms with Gasteiger partial charge in [-0.1, -0.05) is 175 Å². The summed E-state index contributed by atoms with van der Waals surface area (Å²) in [7, 11) is 0. The molecule has 9 aromatic rings. The van der Waals surface area contributed by atoms with Gasteiger partial charge < -0.3 is 4.90 Å². The van der Waals surface area contributed by atoms with Gasteiger partial charge in [0, 0.05) is 17.1 Å². The van der Waals surface area contributed by atoms with Crippen LogP contribution in [0, 0.1) is 0 Å². The van der Waals surface area contributed by atoms with Gasteiger partial charge in [0.1, 0.15) is 0 Å². The van der Waals surface area contributed by atoms with Crippen LogP contribution in [0.1, 0.15) is 35.6 Å². The third-order valence-corrected chi connectivity index (χ3v) is 8.12. The topological polar surface area (TPSA) is 3.24 Å². The first-order chi connectivity index (χ1) is 37.1. The van der Waals surface area contributed by atoms with Crippen LogP contribution >= 0.6 is 0 Å². The van der Waals surface area contributed by atoms with E-state index in [-0.39, 0.29) is 11.1 Å². The van der Waals surface area contributed by atoms with Crippen molar-refractivity contribution in [3.8, 4) is 55.6 Å². The van der Waals surface area contributed by atoms with Gasteiger partial charge in [-0.2, -0.15) is 0 Å². The van der Waals surface area contributed by atoms with Crippen LogP contribution in [0.4, 0.5) is 17.1 Å². The van der Waals surface area contributed by atoms with Gasteiger partial charge in [0.25, 0.3) is 0 Å². The maximum absolute atomic E-state index is 9.57. The molecule has 0 aliphatic heterocycles. The number of hydrogen-bond acceptors (Lipinski definition) is 1. The molecule has 53 heavy (non-hydrogen) atoms. The van der Waals surface area contributed by atoms with Crippen LogP contribution in [0.5, 0.6) is 0 Å². The van der Waals surface area contributed by atoms with Crippen LogP contribution in [0.25, 0.3) is 66.4 Å². The van der Waals surface area contributed by atoms with Crippen molar-refractivity contribution in [3.05, 3.63) is 224 Å². The van der Waals surface area contributed by atoms with E-state index in [4.69, 9.17) is 19.2 Å². The molecule has 0 heterocycles. The summed E-state index contributed by atoms with van der Waals surface area (Å²) in [5, 5.41) is 1.86. The molecule has 0 aromatic heterocycles. The van der Waals surface area contributed by atoms with Crippen molar-refractivity contribution in [2.24, 2.45) is 0 Å². The average molecular weight is 702 g/mol. The quantitative estimate of drug-likeness (QED) is 0.152. The Labute approximate surface area is 348 Å². The predicted octanol–water partition coefficient (Wildman–Crippen LogP) is 14.6. The molecule has 1 nitrogen and oxygen atoms in total. The summed E-state index contributed by atoms with van der Waals surface area (Å²) in [6.07, 6.45) is 0. The molecule has 0 atom stereocenters. The fraction of sp³-hybridized carbons (Fsp3) is 0. The van der Waals surface area contributed by atoms with Gasteiger partial charge in [0.2, 0.25) is 0 Å². The van der Waals surface area contributed by atoms with Gasteiger partial charge in [-0.15, -0.1) is 0 Å². The van der Waals surface area contributed by atoms with E-state index in [1.165, 1.54) is 6.07 Å². The van der Waals surface area contributed by atoms with Crippen LogP contribution in [0.2, 0.25) is 0 Å². The fourth-order valence-electron chi connectivity index (χ4n) is 5.52. The van der Waals surface area contributed by atoms with E-state index in [1.54, 1.807) is 18.2 Å². The van der Waals surface area contributed by atoms with Crippen molar-refractivity contribution in [2.45, 2.75) is 0 Å². The summed E-state index contributed by atoms with van der Waals surface area (Å²) < 4.78 is 232. The molecule has 0 spiro atoms. The maximum Gasteiger partial charge on any atom is 0.0645 e. The predicted molar refractivity (Wildman–Crippen MR) is 226 cm³/mol. The molecule has 1 heteroatoms. The zero-order chi connectivity index (χ0) is 58.0. The standard InChI is InChI=1S/C52H37N/c1-3-10-38(11-4-1)41-18-20-42(21-19-41)44-26-32-51(33-27-44)53(50-30-24-43(25-31-50)39-12-5-2-6-13-39)52-34-28-45(29-35-52)47-16-9-17-48(36-47)49-23-22-40-14-7-8-15-46(40)37-49/h1-37H/i1D,2D,3D,4D,5D,6D,10D,11D,12D,13D,18D,19D,20D,21D,24D,25D,26D,27D,28D,29D,30D,31D,32D,33D,34D,35D. The molecule has 250 valence electrons. The van der Waals surface area contributed by atoms with Gasteiger partial charge in [-0.3, -0.25) is 0 Å². The molecule has 0 aliphatic carbocycles. The number of nitrogens with zero attached hydrogens (tertiary/aromatic N) is 1. The minimum absolute atomic E-state index is 0.180. The van der Waals surface area contributed by atoms with Crippen molar-refractivity contribution in [3.63, 3.8) is 0 Å². The molecular weight excluding hydrogens is 639 g/mol. The minimum Gasteiger partial charge on any atom is -0.311 e. The Morgan fingerprint density at radius 2 is 0.623 bits per heavy atom. The molecule has 0 unspecified atom stereocenters. The largest absolute Gasteiger partial charge is 0.311 e. The van der Waals surface area contributed by atoms with Crippen molar-refractivity contribution < 1.29 is 35.6 Å². The smallest absolute Gasteiger partial charge is 0.0645 e. The fourth-order valence-corrected chi connectivity index (χ4v) is 5.52. The zero-order valence-electron chi connectivity index (χ0n) is 53.3. The summed E-state index contributed by atoms with van der Waals surface area (Å²) in [6.45, 7) is 0. The molecule has 0 saturated heterocycles. The van der Waals surface area contributed by atoms with Gasteiger partial charge in [-0.05, 0) is 115 Å². The Kier molecular flexibility index (Phi) is 3.95. The molecule has 0 bridgehead atoms. The van der Waals surface area contributed by atoms with Crippen LogP contribution in [-0.4, -0.2) is 0 Å². The molecule has 0 fully saturated rings. The lowest BCUT2D eigenvalue weighted by atomic mass is 9.97. The Morgan fingerprint density at radius 1 is 0.264 bits per heavy atom. The van der Waals surface area contributed by atoms with Crippen molar-refractivity contribution in [1.82, 2.24) is 0 Å². The highest BCUT2D eigenvalue weighted by Crippen LogP contribution is 2.38. The first-order valence-corrected chi connectivity index (χ1v) is 16.1. The second-order valence-corrected chi connectivity index (χ2v) is 11.4. The first-order valence-electron chi connectivity index (χ1n) is 29.1. The van der Waals surface area contributed by atoms with Crippen LogP contribution in [0.3, 0.4) is 0 Å². The van der Waals surface area contributed by atoms with Crippen molar-refractivity contribution >= 4 is 27.8 Å². The molecule has 0 radical (unpaired) electrons. The SMILES string of the molecule is [2H]c1c([2H])c([2H])c(-c2c([2H])c([2H])c(-c3c([2H])c([2H])c(N(c4c([2H])c([2H])c(-c5cccc(-c6ccc7ccccc7c6)c5)c([2H])c4[2H])c4c([2H])c([2H])c(-c5c([2H])c([2H])c([2H])c([2H])c5[2H])c([2H])c4[2H])c([2H])c3[2H])c([2H])c2[2H])c([2H])c1[2H]. The van der Waals surface area contributed by atoms with Gasteiger partial charge >= 0.3 is 0 Å². The Bertz CT molecular complexity index is 4000. The molecule has 0 aliphatic rings. The Balaban J connectivity index is 1.34. The van der Waals surface area contributed by atoms with E-state index in [1.807, 2.05) is 42.5 Å². The van der Waals surface area contributed by atoms with E-state index in [9.17, 15) is 16.4 Å². The maximum atomic E-state index is 9.57. The van der Waals surface area contributed by atoms with E-state index in [2.05, 4.69) is 0 Å². The lowest BCUT2D eigenvalue weighted by molar-refractivity contribution is 1.28. The summed E-state index contributed by atoms with van der Waals surface area (Å²) in [5.74, 6) is 0. The Morgan fingerprint density at radius 3 is 1.09 bits per heavy atom. The highest BCUT2D eigenvalue weighted by Gasteiger charge is 2.14. The van der Waals surface area contributed by atoms with Crippen LogP contribution in [0.15, 0.2) is 224 Å². The minimum atomic E-state index is -1.20. The number of anilines is 3. The summed E-state index contributed by atoms with van der Waals surface area (Å²) in [4.78, 5) is 0.448. The summed E-state index contributed by atoms with van der Waals surface area (Å²) >= 11 is 0. The second-order valence-electron chi connectivity index (χ2n) is 11.4. The van der Waals surface area contributed by atoms with E-state index >= 15 is 0 Å². The number of hydrogen-bond donors (Lipinski definition) is 0. The number of benzene rings is 9. The normalized spacial score (nSPS) is 17.9. The van der Waals surface area contributed by atoms with Crippen LogP contribution < -0.4 is 4.90 Å². The zero-order valence-corrected chi connectivity index (χ0v) is 27.3. The van der Waals surface area contributed by atoms with Gasteiger partial charge in [-0.25, -0.2) is 0 Å². The van der Waals surface area contributed by atoms with Gasteiger partial charge in [0.15, 0.2) is 0 Å². The van der Waals surface area contributed by atoms with Gasteiger partial charge in [0.05, 0.1) is 35.6 Å². The van der Waals surface area contributed by atoms with Crippen LogP contribution in [-0.2, 0) is 0 Å². The summed E-state index contributed by atoms with van der Waals surface area (Å²) in [6, 6.07) is -5.69. The second kappa shape index (κ2) is 14.3. The summed E-state index contributed by atoms with van der Waals surface area (Å²) in [5.41, 5.74) is -6.57. The molecule has 0 N–H and O–H groups in total. The van der Waals surface area contributed by atoms with E-state index < -0.39 is 208 Å². The lowest BCUT2D eigenvalue weighted by Crippen LogP contribution is -2.09. The Hall–Kier alpha value is -6.96. The molecule has 9 rings (SSSR count).